The van der Waals surface area contributed by atoms with E-state index in [0.717, 1.165) is 25.3 Å². The summed E-state index contributed by atoms with van der Waals surface area (Å²) in [5.74, 6) is -0.636. The lowest BCUT2D eigenvalue weighted by Gasteiger charge is -2.29. The summed E-state index contributed by atoms with van der Waals surface area (Å²) in [4.78, 5) is 30.8. The molecule has 0 radical (unpaired) electrons. The Labute approximate surface area is 233 Å². The maximum Gasteiger partial charge on any atom is 0.295 e. The minimum Gasteiger partial charge on any atom is -0.507 e. The van der Waals surface area contributed by atoms with Crippen LogP contribution in [0.15, 0.2) is 60.3 Å². The van der Waals surface area contributed by atoms with E-state index in [1.807, 2.05) is 37.3 Å². The molecular formula is C30H34N4O6. The van der Waals surface area contributed by atoms with E-state index in [-0.39, 0.29) is 11.3 Å². The molecule has 1 N–H and O–H groups in total. The van der Waals surface area contributed by atoms with Gasteiger partial charge >= 0.3 is 0 Å². The molecule has 0 spiro atoms. The number of aliphatic hydroxyl groups excluding tert-OH is 1. The Hall–Kier alpha value is -4.15. The number of hydrogen-bond acceptors (Lipinski definition) is 8. The summed E-state index contributed by atoms with van der Waals surface area (Å²) >= 11 is 0. The predicted octanol–water partition coefficient (Wildman–Crippen LogP) is 3.34. The van der Waals surface area contributed by atoms with E-state index in [1.54, 1.807) is 34.9 Å². The number of benzene rings is 2. The summed E-state index contributed by atoms with van der Waals surface area (Å²) in [7, 11) is 3.07. The topological polar surface area (TPSA) is 106 Å². The van der Waals surface area contributed by atoms with Crippen LogP contribution in [0.5, 0.6) is 11.5 Å². The first-order chi connectivity index (χ1) is 19.4. The fourth-order valence-electron chi connectivity index (χ4n) is 5.39. The molecule has 210 valence electrons. The number of likely N-dealkylation sites (tertiary alicyclic amines) is 1. The summed E-state index contributed by atoms with van der Waals surface area (Å²) in [6.45, 7) is 5.98. The van der Waals surface area contributed by atoms with Crippen molar-refractivity contribution in [2.24, 2.45) is 0 Å². The zero-order valence-electron chi connectivity index (χ0n) is 23.0. The number of nitrogens with zero attached hydrogens (tertiary/aromatic N) is 4. The molecule has 2 saturated heterocycles. The van der Waals surface area contributed by atoms with Crippen molar-refractivity contribution in [3.05, 3.63) is 77.1 Å². The van der Waals surface area contributed by atoms with Gasteiger partial charge in [-0.25, -0.2) is 4.68 Å². The highest BCUT2D eigenvalue weighted by atomic mass is 16.5. The monoisotopic (exact) mass is 546 g/mol. The Morgan fingerprint density at radius 1 is 1.02 bits per heavy atom. The third-order valence-electron chi connectivity index (χ3n) is 7.51. The van der Waals surface area contributed by atoms with Gasteiger partial charge in [0, 0.05) is 26.2 Å². The van der Waals surface area contributed by atoms with Gasteiger partial charge in [0.2, 0.25) is 0 Å². The molecule has 1 amide bonds. The van der Waals surface area contributed by atoms with Gasteiger partial charge in [-0.1, -0.05) is 24.3 Å². The van der Waals surface area contributed by atoms with Crippen molar-refractivity contribution >= 4 is 17.4 Å². The predicted molar refractivity (Wildman–Crippen MR) is 149 cm³/mol. The van der Waals surface area contributed by atoms with Crippen molar-refractivity contribution in [1.82, 2.24) is 19.6 Å². The van der Waals surface area contributed by atoms with Crippen LogP contribution >= 0.6 is 0 Å². The normalized spacial score (nSPS) is 19.3. The molecule has 2 aromatic carbocycles. The average Bonchev–Trinajstić information content (AvgIpc) is 3.50. The third-order valence-corrected chi connectivity index (χ3v) is 7.51. The van der Waals surface area contributed by atoms with Crippen LogP contribution in [-0.2, 0) is 14.3 Å². The molecule has 2 aliphatic rings. The number of carbonyl (C=O) groups is 2. The lowest BCUT2D eigenvalue weighted by molar-refractivity contribution is -0.140. The summed E-state index contributed by atoms with van der Waals surface area (Å²) in [5, 5.41) is 16.1. The number of para-hydroxylation sites is 1. The van der Waals surface area contributed by atoms with Crippen molar-refractivity contribution in [3.63, 3.8) is 0 Å². The van der Waals surface area contributed by atoms with Crippen LogP contribution in [0.25, 0.3) is 11.4 Å². The summed E-state index contributed by atoms with van der Waals surface area (Å²) < 4.78 is 18.0. The third kappa shape index (κ3) is 5.20. The van der Waals surface area contributed by atoms with Gasteiger partial charge in [0.15, 0.2) is 11.5 Å². The highest BCUT2D eigenvalue weighted by molar-refractivity contribution is 6.46. The first kappa shape index (κ1) is 27.4. The molecule has 10 nitrogen and oxygen atoms in total. The molecule has 40 heavy (non-hydrogen) atoms. The fraction of sp³-hybridized carbons (Fsp3) is 0.367. The minimum absolute atomic E-state index is 0.0271. The van der Waals surface area contributed by atoms with Gasteiger partial charge in [-0.3, -0.25) is 14.5 Å². The second-order valence-corrected chi connectivity index (χ2v) is 9.81. The van der Waals surface area contributed by atoms with Gasteiger partial charge in [-0.05, 0) is 43.2 Å². The van der Waals surface area contributed by atoms with E-state index in [1.165, 1.54) is 13.3 Å². The fourth-order valence-corrected chi connectivity index (χ4v) is 5.39. The maximum absolute atomic E-state index is 13.5. The number of ether oxygens (including phenoxy) is 3. The van der Waals surface area contributed by atoms with Crippen molar-refractivity contribution < 1.29 is 28.9 Å². The number of Topliss-reactive ketones (excluding diaryl/α,β-unsaturated/α-hetero) is 1. The average molecular weight is 547 g/mol. The molecule has 10 heteroatoms. The number of morpholine rings is 1. The molecule has 0 bridgehead atoms. The highest BCUT2D eigenvalue weighted by Gasteiger charge is 2.46. The van der Waals surface area contributed by atoms with Gasteiger partial charge in [-0.15, -0.1) is 0 Å². The van der Waals surface area contributed by atoms with Crippen LogP contribution in [0, 0.1) is 6.92 Å². The van der Waals surface area contributed by atoms with Crippen LogP contribution < -0.4 is 9.47 Å². The van der Waals surface area contributed by atoms with Crippen molar-refractivity contribution in [2.45, 2.75) is 19.4 Å². The van der Waals surface area contributed by atoms with E-state index in [2.05, 4.69) is 10.00 Å². The number of carbonyl (C=O) groups excluding carboxylic acids is 2. The van der Waals surface area contributed by atoms with Crippen LogP contribution in [0.2, 0.25) is 0 Å². The molecule has 0 unspecified atom stereocenters. The Morgan fingerprint density at radius 2 is 1.75 bits per heavy atom. The minimum atomic E-state index is -0.802. The Morgan fingerprint density at radius 3 is 2.45 bits per heavy atom. The molecule has 5 rings (SSSR count). The van der Waals surface area contributed by atoms with Crippen molar-refractivity contribution in [1.29, 1.82) is 0 Å². The Kier molecular flexibility index (Phi) is 8.18. The SMILES string of the molecule is COc1ccc([C@H]2C(=C(O)c3cnn(-c4ccccc4)c3C)C(=O)C(=O)N2CCCN2CCOCC2)cc1OC. The number of methoxy groups -OCH3 is 2. The van der Waals surface area contributed by atoms with Gasteiger partial charge < -0.3 is 24.2 Å². The first-order valence-electron chi connectivity index (χ1n) is 13.4. The Balaban J connectivity index is 1.55. The number of aliphatic hydroxyl groups is 1. The van der Waals surface area contributed by atoms with Crippen LogP contribution in [0.4, 0.5) is 0 Å². The summed E-state index contributed by atoms with van der Waals surface area (Å²) in [6.07, 6.45) is 2.19. The van der Waals surface area contributed by atoms with Crippen LogP contribution in [-0.4, -0.2) is 90.0 Å². The zero-order chi connectivity index (χ0) is 28.2. The number of ketones is 1. The summed E-state index contributed by atoms with van der Waals surface area (Å²) in [5.41, 5.74) is 2.52. The van der Waals surface area contributed by atoms with Crippen LogP contribution in [0.1, 0.15) is 29.3 Å². The highest BCUT2D eigenvalue weighted by Crippen LogP contribution is 2.42. The maximum atomic E-state index is 13.5. The second kappa shape index (κ2) is 11.9. The smallest absolute Gasteiger partial charge is 0.295 e. The molecule has 3 heterocycles. The molecule has 2 fully saturated rings. The van der Waals surface area contributed by atoms with E-state index in [4.69, 9.17) is 14.2 Å². The number of rotatable bonds is 9. The second-order valence-electron chi connectivity index (χ2n) is 9.81. The molecule has 1 aromatic heterocycles. The molecule has 1 atom stereocenters. The molecule has 3 aromatic rings. The van der Waals surface area contributed by atoms with Crippen molar-refractivity contribution in [3.8, 4) is 17.2 Å². The molecule has 0 saturated carbocycles. The number of aromatic nitrogens is 2. The first-order valence-corrected chi connectivity index (χ1v) is 13.4. The lowest BCUT2D eigenvalue weighted by Crippen LogP contribution is -2.39. The van der Waals surface area contributed by atoms with E-state index >= 15 is 0 Å². The van der Waals surface area contributed by atoms with E-state index < -0.39 is 17.7 Å². The largest absolute Gasteiger partial charge is 0.507 e. The van der Waals surface area contributed by atoms with Crippen molar-refractivity contribution in [2.75, 3.05) is 53.6 Å². The molecule has 0 aliphatic carbocycles. The summed E-state index contributed by atoms with van der Waals surface area (Å²) in [6, 6.07) is 14.0. The zero-order valence-corrected chi connectivity index (χ0v) is 23.0. The van der Waals surface area contributed by atoms with Gasteiger partial charge in [0.05, 0.1) is 62.2 Å². The molecular weight excluding hydrogens is 512 g/mol. The van der Waals surface area contributed by atoms with Gasteiger partial charge in [0.25, 0.3) is 11.7 Å². The standard InChI is InChI=1S/C30H34N4O6/c1-20-23(19-31-34(20)22-8-5-4-6-9-22)28(35)26-27(21-10-11-24(38-2)25(18-21)39-3)33(30(37)29(26)36)13-7-12-32-14-16-40-17-15-32/h4-6,8-11,18-19,27,35H,7,12-17H2,1-3H3/t27-/m0/s1. The quantitative estimate of drug-likeness (QED) is 0.248. The van der Waals surface area contributed by atoms with Gasteiger partial charge in [-0.2, -0.15) is 5.10 Å². The molecule has 2 aliphatic heterocycles. The Bertz CT molecular complexity index is 1410. The van der Waals surface area contributed by atoms with E-state index in [9.17, 15) is 14.7 Å². The lowest BCUT2D eigenvalue weighted by atomic mass is 9.95. The van der Waals surface area contributed by atoms with E-state index in [0.29, 0.717) is 54.5 Å². The van der Waals surface area contributed by atoms with Gasteiger partial charge in [0.1, 0.15) is 5.76 Å². The number of hydrogen-bond donors (Lipinski definition) is 1. The van der Waals surface area contributed by atoms with Crippen LogP contribution in [0.3, 0.4) is 0 Å². The number of amides is 1.